The number of rotatable bonds is 4. The Balaban J connectivity index is 2.20. The smallest absolute Gasteiger partial charge is 0.127 e. The molecule has 1 heterocycles. The van der Waals surface area contributed by atoms with Gasteiger partial charge < -0.3 is 15.2 Å². The van der Waals surface area contributed by atoms with Gasteiger partial charge in [0.2, 0.25) is 0 Å². The van der Waals surface area contributed by atoms with Crippen molar-refractivity contribution in [3.8, 4) is 0 Å². The molecule has 1 atom stereocenters. The normalized spacial score (nSPS) is 12.5. The van der Waals surface area contributed by atoms with Crippen molar-refractivity contribution in [3.05, 3.63) is 46.5 Å². The third kappa shape index (κ3) is 3.16. The number of hydrogen-bond acceptors (Lipinski definition) is 3. The maximum Gasteiger partial charge on any atom is 0.127 e. The molecular formula is C14H19BrN4. The number of aryl methyl sites for hydroxylation is 1. The minimum absolute atomic E-state index is 0.0465. The predicted molar refractivity (Wildman–Crippen MR) is 82.1 cm³/mol. The van der Waals surface area contributed by atoms with Gasteiger partial charge in [-0.15, -0.1) is 0 Å². The summed E-state index contributed by atoms with van der Waals surface area (Å²) in [6, 6.07) is 6.28. The minimum Gasteiger partial charge on any atom is -0.366 e. The second-order valence-electron chi connectivity index (χ2n) is 4.81. The first-order valence-electron chi connectivity index (χ1n) is 6.21. The Bertz CT molecular complexity index is 562. The van der Waals surface area contributed by atoms with Crippen LogP contribution in [-0.2, 0) is 13.6 Å². The molecule has 2 aromatic rings. The van der Waals surface area contributed by atoms with Crippen LogP contribution in [0.1, 0.15) is 24.4 Å². The summed E-state index contributed by atoms with van der Waals surface area (Å²) in [5, 5.41) is 0. The molecule has 0 unspecified atom stereocenters. The number of nitrogens with two attached hydrogens (primary N) is 1. The second-order valence-corrected chi connectivity index (χ2v) is 5.66. The molecule has 102 valence electrons. The largest absolute Gasteiger partial charge is 0.366 e. The van der Waals surface area contributed by atoms with E-state index in [0.717, 1.165) is 28.1 Å². The van der Waals surface area contributed by atoms with E-state index in [1.807, 2.05) is 30.9 Å². The maximum absolute atomic E-state index is 5.89. The van der Waals surface area contributed by atoms with E-state index in [-0.39, 0.29) is 6.04 Å². The van der Waals surface area contributed by atoms with Crippen LogP contribution in [0, 0.1) is 0 Å². The molecular weight excluding hydrogens is 304 g/mol. The van der Waals surface area contributed by atoms with Gasteiger partial charge >= 0.3 is 0 Å². The first-order chi connectivity index (χ1) is 8.99. The van der Waals surface area contributed by atoms with Crippen molar-refractivity contribution in [2.75, 3.05) is 11.9 Å². The van der Waals surface area contributed by atoms with E-state index < -0.39 is 0 Å². The summed E-state index contributed by atoms with van der Waals surface area (Å²) in [5.74, 6) is 1.03. The Morgan fingerprint density at radius 3 is 2.74 bits per heavy atom. The highest BCUT2D eigenvalue weighted by molar-refractivity contribution is 9.10. The van der Waals surface area contributed by atoms with Crippen LogP contribution in [0.15, 0.2) is 35.1 Å². The molecule has 5 heteroatoms. The van der Waals surface area contributed by atoms with E-state index in [2.05, 4.69) is 51.1 Å². The van der Waals surface area contributed by atoms with E-state index in [1.165, 1.54) is 0 Å². The number of benzene rings is 1. The summed E-state index contributed by atoms with van der Waals surface area (Å²) in [6.45, 7) is 2.75. The molecule has 4 nitrogen and oxygen atoms in total. The number of imidazole rings is 1. The Morgan fingerprint density at radius 2 is 2.21 bits per heavy atom. The van der Waals surface area contributed by atoms with Crippen LogP contribution < -0.4 is 10.6 Å². The Kier molecular flexibility index (Phi) is 4.27. The van der Waals surface area contributed by atoms with Crippen molar-refractivity contribution in [3.63, 3.8) is 0 Å². The van der Waals surface area contributed by atoms with Gasteiger partial charge in [-0.2, -0.15) is 0 Å². The summed E-state index contributed by atoms with van der Waals surface area (Å²) in [7, 11) is 4.06. The molecule has 0 saturated carbocycles. The van der Waals surface area contributed by atoms with Gasteiger partial charge in [-0.3, -0.25) is 0 Å². The van der Waals surface area contributed by atoms with Gasteiger partial charge in [0.1, 0.15) is 5.82 Å². The number of aromatic nitrogens is 2. The molecule has 0 amide bonds. The first-order valence-corrected chi connectivity index (χ1v) is 7.00. The highest BCUT2D eigenvalue weighted by Gasteiger charge is 2.10. The van der Waals surface area contributed by atoms with E-state index in [9.17, 15) is 0 Å². The van der Waals surface area contributed by atoms with Crippen molar-refractivity contribution in [2.24, 2.45) is 12.8 Å². The fraction of sp³-hybridized carbons (Fsp3) is 0.357. The van der Waals surface area contributed by atoms with Crippen LogP contribution in [0.4, 0.5) is 5.69 Å². The van der Waals surface area contributed by atoms with Gasteiger partial charge in [0.15, 0.2) is 0 Å². The highest BCUT2D eigenvalue weighted by atomic mass is 79.9. The molecule has 19 heavy (non-hydrogen) atoms. The summed E-state index contributed by atoms with van der Waals surface area (Å²) < 4.78 is 3.08. The van der Waals surface area contributed by atoms with Gasteiger partial charge in [-0.05, 0) is 40.5 Å². The Morgan fingerprint density at radius 1 is 1.47 bits per heavy atom. The zero-order valence-electron chi connectivity index (χ0n) is 11.5. The lowest BCUT2D eigenvalue weighted by molar-refractivity contribution is 0.760. The van der Waals surface area contributed by atoms with Gasteiger partial charge in [0.25, 0.3) is 0 Å². The lowest BCUT2D eigenvalue weighted by Crippen LogP contribution is -2.19. The molecule has 0 bridgehead atoms. The monoisotopic (exact) mass is 322 g/mol. The summed E-state index contributed by atoms with van der Waals surface area (Å²) >= 11 is 3.61. The molecule has 0 aliphatic heterocycles. The zero-order valence-corrected chi connectivity index (χ0v) is 13.1. The van der Waals surface area contributed by atoms with E-state index in [1.54, 1.807) is 0 Å². The molecule has 0 fully saturated rings. The lowest BCUT2D eigenvalue weighted by atomic mass is 10.1. The standard InChI is InChI=1S/C14H19BrN4/c1-10(16)11-4-5-13(12(15)8-11)19(3)9-14-17-6-7-18(14)2/h4-8,10H,9,16H2,1-3H3/t10-/m1/s1. The molecule has 0 radical (unpaired) electrons. The first kappa shape index (κ1) is 14.1. The molecule has 0 aliphatic rings. The van der Waals surface area contributed by atoms with E-state index >= 15 is 0 Å². The van der Waals surface area contributed by atoms with Crippen LogP contribution in [-0.4, -0.2) is 16.6 Å². The van der Waals surface area contributed by atoms with Crippen LogP contribution in [0.5, 0.6) is 0 Å². The molecule has 0 saturated heterocycles. The van der Waals surface area contributed by atoms with E-state index in [4.69, 9.17) is 5.73 Å². The van der Waals surface area contributed by atoms with Crippen LogP contribution >= 0.6 is 15.9 Å². The number of halogens is 1. The third-order valence-corrected chi connectivity index (χ3v) is 3.84. The maximum atomic E-state index is 5.89. The van der Waals surface area contributed by atoms with Crippen molar-refractivity contribution >= 4 is 21.6 Å². The van der Waals surface area contributed by atoms with Crippen molar-refractivity contribution in [2.45, 2.75) is 19.5 Å². The summed E-state index contributed by atoms with van der Waals surface area (Å²) in [6.07, 6.45) is 3.77. The topological polar surface area (TPSA) is 47.1 Å². The lowest BCUT2D eigenvalue weighted by Gasteiger charge is -2.21. The predicted octanol–water partition coefficient (Wildman–Crippen LogP) is 2.84. The number of anilines is 1. The molecule has 2 N–H and O–H groups in total. The number of nitrogens with zero attached hydrogens (tertiary/aromatic N) is 3. The summed E-state index contributed by atoms with van der Waals surface area (Å²) in [4.78, 5) is 6.51. The molecule has 1 aromatic heterocycles. The molecule has 0 spiro atoms. The van der Waals surface area contributed by atoms with Gasteiger partial charge in [-0.25, -0.2) is 4.98 Å². The number of hydrogen-bond donors (Lipinski definition) is 1. The zero-order chi connectivity index (χ0) is 14.0. The van der Waals surface area contributed by atoms with Gasteiger partial charge in [0.05, 0.1) is 12.2 Å². The van der Waals surface area contributed by atoms with Gasteiger partial charge in [0, 0.05) is 37.0 Å². The van der Waals surface area contributed by atoms with Crippen LogP contribution in [0.3, 0.4) is 0 Å². The van der Waals surface area contributed by atoms with Crippen molar-refractivity contribution in [1.82, 2.24) is 9.55 Å². The van der Waals surface area contributed by atoms with Crippen molar-refractivity contribution < 1.29 is 0 Å². The van der Waals surface area contributed by atoms with Crippen LogP contribution in [0.25, 0.3) is 0 Å². The average molecular weight is 323 g/mol. The Hall–Kier alpha value is -1.33. The van der Waals surface area contributed by atoms with Crippen LogP contribution in [0.2, 0.25) is 0 Å². The van der Waals surface area contributed by atoms with E-state index in [0.29, 0.717) is 0 Å². The van der Waals surface area contributed by atoms with Crippen molar-refractivity contribution in [1.29, 1.82) is 0 Å². The molecule has 2 rings (SSSR count). The second kappa shape index (κ2) is 5.75. The highest BCUT2D eigenvalue weighted by Crippen LogP contribution is 2.29. The third-order valence-electron chi connectivity index (χ3n) is 3.21. The SMILES string of the molecule is C[C@@H](N)c1ccc(N(C)Cc2nccn2C)c(Br)c1. The Labute approximate surface area is 122 Å². The van der Waals surface area contributed by atoms with Gasteiger partial charge in [-0.1, -0.05) is 6.07 Å². The fourth-order valence-electron chi connectivity index (χ4n) is 1.96. The minimum atomic E-state index is 0.0465. The molecule has 0 aliphatic carbocycles. The average Bonchev–Trinajstić information content (AvgIpc) is 2.74. The quantitative estimate of drug-likeness (QED) is 0.941. The fourth-order valence-corrected chi connectivity index (χ4v) is 2.66. The summed E-state index contributed by atoms with van der Waals surface area (Å²) in [5.41, 5.74) is 8.15. The molecule has 1 aromatic carbocycles.